The van der Waals surface area contributed by atoms with Crippen molar-refractivity contribution in [3.63, 3.8) is 0 Å². The fourth-order valence-electron chi connectivity index (χ4n) is 5.53. The molecule has 2 aromatic rings. The summed E-state index contributed by atoms with van der Waals surface area (Å²) in [5.41, 5.74) is -1.63. The highest BCUT2D eigenvalue weighted by Crippen LogP contribution is 2.45. The molecule has 2 aliphatic carbocycles. The molecule has 9 nitrogen and oxygen atoms in total. The van der Waals surface area contributed by atoms with Crippen LogP contribution in [-0.2, 0) is 32.7 Å². The predicted molar refractivity (Wildman–Crippen MR) is 132 cm³/mol. The van der Waals surface area contributed by atoms with Crippen molar-refractivity contribution in [2.75, 3.05) is 20.1 Å². The summed E-state index contributed by atoms with van der Waals surface area (Å²) in [7, 11) is -1.50. The molecule has 5 rings (SSSR count). The SMILES string of the molecule is CNC1(NC(=O)[C@@H]2C[C@@H](S(=O)(=O)c3ccc(-c4cnn(C)c4)cc3C(F)(F)F)C[C@H]2C(=O)N2CC(F)(F)C2)CC1. The molecule has 3 atom stereocenters. The van der Waals surface area contributed by atoms with Gasteiger partial charge in [-0.05, 0) is 50.4 Å². The number of hydrogen-bond acceptors (Lipinski definition) is 6. The third kappa shape index (κ3) is 5.20. The Morgan fingerprint density at radius 2 is 1.73 bits per heavy atom. The molecule has 3 aliphatic rings. The summed E-state index contributed by atoms with van der Waals surface area (Å²) in [5.74, 6) is -7.01. The van der Waals surface area contributed by atoms with Gasteiger partial charge in [-0.2, -0.15) is 18.3 Å². The summed E-state index contributed by atoms with van der Waals surface area (Å²) in [6, 6.07) is 2.85. The van der Waals surface area contributed by atoms with Crippen LogP contribution in [0.5, 0.6) is 0 Å². The van der Waals surface area contributed by atoms with Crippen LogP contribution in [0.15, 0.2) is 35.5 Å². The van der Waals surface area contributed by atoms with Gasteiger partial charge in [-0.1, -0.05) is 6.07 Å². The number of likely N-dealkylation sites (tertiary alicyclic amines) is 1. The van der Waals surface area contributed by atoms with Crippen LogP contribution in [-0.4, -0.2) is 71.9 Å². The standard InChI is InChI=1S/C25H28F5N5O4S/c1-31-24(5-6-24)33-21(36)17-8-16(9-18(17)22(37)35-12-23(26,27)13-35)40(38,39)20-4-3-14(7-19(20)25(28,29)30)15-10-32-34(2)11-15/h3-4,7,10-11,16-18,31H,5-6,8-9,12-13H2,1-2H3,(H,33,36)/t16-,17-,18-/m1/s1. The summed E-state index contributed by atoms with van der Waals surface area (Å²) in [5, 5.41) is 8.13. The number of alkyl halides is 5. The molecule has 218 valence electrons. The number of amides is 2. The van der Waals surface area contributed by atoms with Crippen LogP contribution in [0.3, 0.4) is 0 Å². The van der Waals surface area contributed by atoms with Crippen molar-refractivity contribution in [3.05, 3.63) is 36.2 Å². The lowest BCUT2D eigenvalue weighted by molar-refractivity contribution is -0.171. The van der Waals surface area contributed by atoms with E-state index in [1.165, 1.54) is 23.1 Å². The fourth-order valence-corrected chi connectivity index (χ4v) is 7.55. The summed E-state index contributed by atoms with van der Waals surface area (Å²) in [4.78, 5) is 26.2. The molecule has 1 aromatic heterocycles. The van der Waals surface area contributed by atoms with Crippen LogP contribution in [0.1, 0.15) is 31.2 Å². The van der Waals surface area contributed by atoms with Crippen LogP contribution < -0.4 is 10.6 Å². The smallest absolute Gasteiger partial charge is 0.338 e. The summed E-state index contributed by atoms with van der Waals surface area (Å²) in [6.07, 6.45) is -1.89. The van der Waals surface area contributed by atoms with E-state index in [1.807, 2.05) is 0 Å². The Hall–Kier alpha value is -3.07. The number of carbonyl (C=O) groups is 2. The minimum atomic E-state index is -5.03. The highest BCUT2D eigenvalue weighted by molar-refractivity contribution is 7.92. The van der Waals surface area contributed by atoms with Gasteiger partial charge >= 0.3 is 6.18 Å². The van der Waals surface area contributed by atoms with Gasteiger partial charge in [-0.15, -0.1) is 0 Å². The molecular weight excluding hydrogens is 561 g/mol. The molecule has 2 saturated carbocycles. The quantitative estimate of drug-likeness (QED) is 0.379. The largest absolute Gasteiger partial charge is 0.417 e. The zero-order chi connectivity index (χ0) is 29.3. The van der Waals surface area contributed by atoms with Gasteiger partial charge in [0.05, 0.1) is 52.5 Å². The van der Waals surface area contributed by atoms with Crippen LogP contribution in [0.25, 0.3) is 11.1 Å². The third-order valence-electron chi connectivity index (χ3n) is 7.99. The van der Waals surface area contributed by atoms with Crippen LogP contribution in [0, 0.1) is 11.8 Å². The van der Waals surface area contributed by atoms with Crippen LogP contribution >= 0.6 is 0 Å². The fraction of sp³-hybridized carbons (Fsp3) is 0.560. The van der Waals surface area contributed by atoms with Gasteiger partial charge in [0.1, 0.15) is 0 Å². The molecule has 1 aromatic carbocycles. The van der Waals surface area contributed by atoms with E-state index in [0.717, 1.165) is 17.0 Å². The Kier molecular flexibility index (Phi) is 6.76. The molecule has 15 heteroatoms. The Balaban J connectivity index is 1.47. The first-order chi connectivity index (χ1) is 18.6. The van der Waals surface area contributed by atoms with E-state index < -0.39 is 92.9 Å². The van der Waals surface area contributed by atoms with Gasteiger partial charge in [0, 0.05) is 18.8 Å². The summed E-state index contributed by atoms with van der Waals surface area (Å²) < 4.78 is 98.2. The first kappa shape index (κ1) is 28.5. The normalized spacial score (nSPS) is 25.4. The number of sulfone groups is 1. The average Bonchev–Trinajstić information content (AvgIpc) is 3.26. The number of nitrogens with one attached hydrogen (secondary N) is 2. The van der Waals surface area contributed by atoms with Crippen molar-refractivity contribution in [2.24, 2.45) is 18.9 Å². The van der Waals surface area contributed by atoms with E-state index in [-0.39, 0.29) is 5.56 Å². The highest BCUT2D eigenvalue weighted by Gasteiger charge is 2.55. The second-order valence-corrected chi connectivity index (χ2v) is 13.0. The molecule has 1 saturated heterocycles. The maximum absolute atomic E-state index is 14.2. The molecule has 1 aliphatic heterocycles. The summed E-state index contributed by atoms with van der Waals surface area (Å²) >= 11 is 0. The van der Waals surface area contributed by atoms with Crippen molar-refractivity contribution in [1.29, 1.82) is 0 Å². The lowest BCUT2D eigenvalue weighted by Gasteiger charge is -2.40. The summed E-state index contributed by atoms with van der Waals surface area (Å²) in [6.45, 7) is -1.72. The third-order valence-corrected chi connectivity index (χ3v) is 10.2. The Bertz CT molecular complexity index is 1450. The van der Waals surface area contributed by atoms with Gasteiger partial charge in [-0.25, -0.2) is 17.2 Å². The molecule has 2 heterocycles. The maximum atomic E-state index is 14.2. The Labute approximate surface area is 227 Å². The number of benzene rings is 1. The van der Waals surface area contributed by atoms with Crippen molar-refractivity contribution in [3.8, 4) is 11.1 Å². The van der Waals surface area contributed by atoms with Crippen molar-refractivity contribution >= 4 is 21.7 Å². The van der Waals surface area contributed by atoms with Crippen LogP contribution in [0.2, 0.25) is 0 Å². The van der Waals surface area contributed by atoms with Crippen LogP contribution in [0.4, 0.5) is 22.0 Å². The number of nitrogens with zero attached hydrogens (tertiary/aromatic N) is 3. The first-order valence-corrected chi connectivity index (χ1v) is 14.2. The topological polar surface area (TPSA) is 113 Å². The van der Waals surface area contributed by atoms with E-state index in [0.29, 0.717) is 18.4 Å². The number of aryl methyl sites for hydroxylation is 1. The molecule has 0 bridgehead atoms. The van der Waals surface area contributed by atoms with E-state index >= 15 is 0 Å². The number of hydrogen-bond donors (Lipinski definition) is 2. The van der Waals surface area contributed by atoms with E-state index in [9.17, 15) is 40.0 Å². The first-order valence-electron chi connectivity index (χ1n) is 12.7. The van der Waals surface area contributed by atoms with Crippen molar-refractivity contribution < 1.29 is 40.0 Å². The molecule has 2 amide bonds. The second-order valence-electron chi connectivity index (χ2n) is 10.8. The van der Waals surface area contributed by atoms with Gasteiger partial charge in [-0.3, -0.25) is 19.6 Å². The van der Waals surface area contributed by atoms with E-state index in [2.05, 4.69) is 15.7 Å². The molecular formula is C25H28F5N5O4S. The lowest BCUT2D eigenvalue weighted by atomic mass is 9.92. The van der Waals surface area contributed by atoms with Gasteiger partial charge in [0.2, 0.25) is 11.8 Å². The molecule has 0 spiro atoms. The maximum Gasteiger partial charge on any atom is 0.417 e. The zero-order valence-corrected chi connectivity index (χ0v) is 22.5. The van der Waals surface area contributed by atoms with Gasteiger partial charge in [0.25, 0.3) is 5.92 Å². The zero-order valence-electron chi connectivity index (χ0n) is 21.6. The monoisotopic (exact) mass is 589 g/mol. The van der Waals surface area contributed by atoms with E-state index in [4.69, 9.17) is 0 Å². The lowest BCUT2D eigenvalue weighted by Crippen LogP contribution is -2.60. The number of carbonyl (C=O) groups excluding carboxylic acids is 2. The van der Waals surface area contributed by atoms with E-state index in [1.54, 1.807) is 14.1 Å². The molecule has 0 radical (unpaired) electrons. The number of halogens is 5. The highest BCUT2D eigenvalue weighted by atomic mass is 32.2. The van der Waals surface area contributed by atoms with Gasteiger partial charge < -0.3 is 10.2 Å². The second kappa shape index (κ2) is 9.50. The molecule has 3 fully saturated rings. The Morgan fingerprint density at radius 1 is 1.07 bits per heavy atom. The van der Waals surface area contributed by atoms with Crippen molar-refractivity contribution in [2.45, 2.75) is 53.6 Å². The molecule has 40 heavy (non-hydrogen) atoms. The van der Waals surface area contributed by atoms with Gasteiger partial charge in [0.15, 0.2) is 9.84 Å². The Morgan fingerprint density at radius 3 is 2.25 bits per heavy atom. The number of rotatable bonds is 7. The number of aromatic nitrogens is 2. The average molecular weight is 590 g/mol. The minimum absolute atomic E-state index is 0.108. The predicted octanol–water partition coefficient (Wildman–Crippen LogP) is 2.58. The molecule has 2 N–H and O–H groups in total. The minimum Gasteiger partial charge on any atom is -0.338 e. The molecule has 0 unspecified atom stereocenters. The van der Waals surface area contributed by atoms with Crippen molar-refractivity contribution in [1.82, 2.24) is 25.3 Å².